The highest BCUT2D eigenvalue weighted by molar-refractivity contribution is 5.43. The van der Waals surface area contributed by atoms with Crippen LogP contribution < -0.4 is 5.32 Å². The first-order valence-corrected chi connectivity index (χ1v) is 7.69. The average molecular weight is 289 g/mol. The SMILES string of the molecule is CN1C2CCCC1CC(Nc1nc3ccc(F)cn3n1)C2. The van der Waals surface area contributed by atoms with Gasteiger partial charge in [0.1, 0.15) is 5.82 Å². The normalized spacial score (nSPS) is 29.7. The summed E-state index contributed by atoms with van der Waals surface area (Å²) < 4.78 is 14.7. The molecule has 0 amide bonds. The van der Waals surface area contributed by atoms with Gasteiger partial charge in [0.2, 0.25) is 5.95 Å². The van der Waals surface area contributed by atoms with E-state index in [1.165, 1.54) is 36.0 Å². The fourth-order valence-corrected chi connectivity index (χ4v) is 3.84. The summed E-state index contributed by atoms with van der Waals surface area (Å²) in [6.45, 7) is 0. The lowest BCUT2D eigenvalue weighted by Gasteiger charge is -2.47. The number of aromatic nitrogens is 3. The van der Waals surface area contributed by atoms with E-state index in [1.807, 2.05) is 0 Å². The van der Waals surface area contributed by atoms with Gasteiger partial charge in [-0.15, -0.1) is 5.10 Å². The van der Waals surface area contributed by atoms with Crippen LogP contribution in [0.2, 0.25) is 0 Å². The third-order valence-corrected chi connectivity index (χ3v) is 4.97. The molecule has 0 radical (unpaired) electrons. The highest BCUT2D eigenvalue weighted by atomic mass is 19.1. The number of hydrogen-bond acceptors (Lipinski definition) is 4. The number of piperidine rings is 2. The lowest BCUT2D eigenvalue weighted by Crippen LogP contribution is -2.52. The predicted octanol–water partition coefficient (Wildman–Crippen LogP) is 2.30. The van der Waals surface area contributed by atoms with Gasteiger partial charge in [-0.1, -0.05) is 6.42 Å². The van der Waals surface area contributed by atoms with Crippen molar-refractivity contribution in [1.29, 1.82) is 0 Å². The zero-order valence-corrected chi connectivity index (χ0v) is 12.2. The van der Waals surface area contributed by atoms with Crippen LogP contribution in [0.1, 0.15) is 32.1 Å². The Hall–Kier alpha value is -1.69. The Labute approximate surface area is 123 Å². The molecule has 0 saturated carbocycles. The smallest absolute Gasteiger partial charge is 0.243 e. The summed E-state index contributed by atoms with van der Waals surface area (Å²) in [5.74, 6) is 0.306. The van der Waals surface area contributed by atoms with Crippen molar-refractivity contribution in [1.82, 2.24) is 19.5 Å². The van der Waals surface area contributed by atoms with Crippen LogP contribution in [0.5, 0.6) is 0 Å². The molecule has 0 aromatic carbocycles. The Morgan fingerprint density at radius 1 is 1.24 bits per heavy atom. The fraction of sp³-hybridized carbons (Fsp3) is 0.600. The second kappa shape index (κ2) is 4.94. The molecule has 4 rings (SSSR count). The molecule has 0 aliphatic carbocycles. The molecule has 2 fully saturated rings. The van der Waals surface area contributed by atoms with Gasteiger partial charge in [-0.05, 0) is 44.9 Å². The van der Waals surface area contributed by atoms with Crippen LogP contribution in [-0.2, 0) is 0 Å². The van der Waals surface area contributed by atoms with E-state index in [1.54, 1.807) is 6.07 Å². The maximum Gasteiger partial charge on any atom is 0.243 e. The largest absolute Gasteiger partial charge is 0.350 e. The summed E-state index contributed by atoms with van der Waals surface area (Å²) in [7, 11) is 2.25. The van der Waals surface area contributed by atoms with Gasteiger partial charge in [-0.2, -0.15) is 4.98 Å². The minimum Gasteiger partial charge on any atom is -0.350 e. The van der Waals surface area contributed by atoms with Gasteiger partial charge in [-0.25, -0.2) is 8.91 Å². The summed E-state index contributed by atoms with van der Waals surface area (Å²) in [5, 5.41) is 7.77. The third kappa shape index (κ3) is 2.37. The molecule has 2 saturated heterocycles. The number of pyridine rings is 1. The van der Waals surface area contributed by atoms with Crippen molar-refractivity contribution in [3.05, 3.63) is 24.1 Å². The quantitative estimate of drug-likeness (QED) is 0.921. The van der Waals surface area contributed by atoms with E-state index in [2.05, 4.69) is 27.3 Å². The molecule has 2 aliphatic rings. The Bertz CT molecular complexity index is 641. The minimum atomic E-state index is -0.298. The summed E-state index contributed by atoms with van der Waals surface area (Å²) in [6, 6.07) is 4.82. The highest BCUT2D eigenvalue weighted by Gasteiger charge is 2.36. The Morgan fingerprint density at radius 2 is 2.00 bits per heavy atom. The zero-order chi connectivity index (χ0) is 14.4. The molecule has 2 unspecified atom stereocenters. The Balaban J connectivity index is 1.52. The van der Waals surface area contributed by atoms with E-state index in [0.717, 1.165) is 12.8 Å². The first-order chi connectivity index (χ1) is 10.2. The summed E-state index contributed by atoms with van der Waals surface area (Å²) >= 11 is 0. The van der Waals surface area contributed by atoms with Crippen molar-refractivity contribution in [2.45, 2.75) is 50.2 Å². The number of halogens is 1. The molecular weight excluding hydrogens is 269 g/mol. The second-order valence-corrected chi connectivity index (χ2v) is 6.30. The molecule has 2 atom stereocenters. The topological polar surface area (TPSA) is 45.5 Å². The maximum atomic E-state index is 13.2. The van der Waals surface area contributed by atoms with Crippen LogP contribution in [0.25, 0.3) is 5.65 Å². The molecular formula is C15H20FN5. The van der Waals surface area contributed by atoms with E-state index in [-0.39, 0.29) is 5.82 Å². The second-order valence-electron chi connectivity index (χ2n) is 6.30. The number of nitrogens with one attached hydrogen (secondary N) is 1. The lowest BCUT2D eigenvalue weighted by atomic mass is 9.82. The average Bonchev–Trinajstić information content (AvgIpc) is 2.81. The van der Waals surface area contributed by atoms with Crippen molar-refractivity contribution in [2.24, 2.45) is 0 Å². The fourth-order valence-electron chi connectivity index (χ4n) is 3.84. The van der Waals surface area contributed by atoms with Crippen LogP contribution in [0, 0.1) is 5.82 Å². The summed E-state index contributed by atoms with van der Waals surface area (Å²) in [4.78, 5) is 6.96. The first kappa shape index (κ1) is 13.0. The van der Waals surface area contributed by atoms with Gasteiger partial charge < -0.3 is 10.2 Å². The van der Waals surface area contributed by atoms with E-state index in [0.29, 0.717) is 29.7 Å². The molecule has 21 heavy (non-hydrogen) atoms. The van der Waals surface area contributed by atoms with Gasteiger partial charge in [0.05, 0.1) is 6.20 Å². The van der Waals surface area contributed by atoms with Gasteiger partial charge in [-0.3, -0.25) is 0 Å². The monoisotopic (exact) mass is 289 g/mol. The van der Waals surface area contributed by atoms with Crippen LogP contribution in [0.3, 0.4) is 0 Å². The molecule has 6 heteroatoms. The van der Waals surface area contributed by atoms with Crippen LogP contribution in [0.4, 0.5) is 10.3 Å². The van der Waals surface area contributed by atoms with E-state index in [4.69, 9.17) is 0 Å². The predicted molar refractivity (Wildman–Crippen MR) is 78.8 cm³/mol. The molecule has 5 nitrogen and oxygen atoms in total. The van der Waals surface area contributed by atoms with Crippen molar-refractivity contribution < 1.29 is 4.39 Å². The van der Waals surface area contributed by atoms with Crippen molar-refractivity contribution in [2.75, 3.05) is 12.4 Å². The van der Waals surface area contributed by atoms with Gasteiger partial charge >= 0.3 is 0 Å². The number of nitrogens with zero attached hydrogens (tertiary/aromatic N) is 4. The highest BCUT2D eigenvalue weighted by Crippen LogP contribution is 2.33. The van der Waals surface area contributed by atoms with E-state index >= 15 is 0 Å². The molecule has 4 heterocycles. The van der Waals surface area contributed by atoms with Crippen LogP contribution in [-0.4, -0.2) is 44.7 Å². The molecule has 0 spiro atoms. The molecule has 2 aromatic heterocycles. The van der Waals surface area contributed by atoms with Crippen molar-refractivity contribution >= 4 is 11.6 Å². The van der Waals surface area contributed by atoms with Crippen LogP contribution in [0.15, 0.2) is 18.3 Å². The number of hydrogen-bond donors (Lipinski definition) is 1. The van der Waals surface area contributed by atoms with Crippen molar-refractivity contribution in [3.8, 4) is 0 Å². The van der Waals surface area contributed by atoms with Gasteiger partial charge in [0, 0.05) is 18.1 Å². The maximum absolute atomic E-state index is 13.2. The van der Waals surface area contributed by atoms with Crippen molar-refractivity contribution in [3.63, 3.8) is 0 Å². The molecule has 2 aromatic rings. The molecule has 2 bridgehead atoms. The Kier molecular flexibility index (Phi) is 3.06. The molecule has 112 valence electrons. The Morgan fingerprint density at radius 3 is 2.76 bits per heavy atom. The van der Waals surface area contributed by atoms with E-state index in [9.17, 15) is 4.39 Å². The summed E-state index contributed by atoms with van der Waals surface area (Å²) in [6.07, 6.45) is 7.55. The standard InChI is InChI=1S/C15H20FN5/c1-20-12-3-2-4-13(20)8-11(7-12)17-15-18-14-6-5-10(16)9-21(14)19-15/h5-6,9,11-13H,2-4,7-8H2,1H3,(H,17,19). The molecule has 1 N–H and O–H groups in total. The lowest BCUT2D eigenvalue weighted by molar-refractivity contribution is 0.0607. The number of rotatable bonds is 2. The van der Waals surface area contributed by atoms with Gasteiger partial charge in [0.15, 0.2) is 5.65 Å². The molecule has 2 aliphatic heterocycles. The van der Waals surface area contributed by atoms with Crippen LogP contribution >= 0.6 is 0 Å². The zero-order valence-electron chi connectivity index (χ0n) is 12.2. The summed E-state index contributed by atoms with van der Waals surface area (Å²) in [5.41, 5.74) is 0.673. The first-order valence-electron chi connectivity index (χ1n) is 7.69. The van der Waals surface area contributed by atoms with Gasteiger partial charge in [0.25, 0.3) is 0 Å². The number of fused-ring (bicyclic) bond motifs is 3. The van der Waals surface area contributed by atoms with E-state index < -0.39 is 0 Å². The third-order valence-electron chi connectivity index (χ3n) is 4.97. The number of anilines is 1. The minimum absolute atomic E-state index is 0.298.